The largest absolute Gasteiger partial charge is 0.404 e. The van der Waals surface area contributed by atoms with Crippen LogP contribution in [0.4, 0.5) is 17.6 Å². The third-order valence-corrected chi connectivity index (χ3v) is 5.53. The van der Waals surface area contributed by atoms with Crippen molar-refractivity contribution in [1.82, 2.24) is 16.0 Å². The van der Waals surface area contributed by atoms with Crippen LogP contribution >= 0.6 is 0 Å². The number of rotatable bonds is 4. The van der Waals surface area contributed by atoms with Crippen molar-refractivity contribution in [2.24, 2.45) is 5.92 Å². The van der Waals surface area contributed by atoms with Crippen LogP contribution in [-0.4, -0.2) is 36.6 Å². The fourth-order valence-electron chi connectivity index (χ4n) is 4.00. The first-order valence-electron chi connectivity index (χ1n) is 9.37. The number of carbonyl (C=O) groups excluding carboxylic acids is 2. The van der Waals surface area contributed by atoms with E-state index in [0.717, 1.165) is 6.07 Å². The molecule has 0 bridgehead atoms. The van der Waals surface area contributed by atoms with Gasteiger partial charge in [-0.2, -0.15) is 18.4 Å². The Morgan fingerprint density at radius 1 is 1.37 bits per heavy atom. The van der Waals surface area contributed by atoms with E-state index < -0.39 is 48.2 Å². The summed E-state index contributed by atoms with van der Waals surface area (Å²) in [5.74, 6) is -2.83. The van der Waals surface area contributed by atoms with Gasteiger partial charge in [-0.3, -0.25) is 9.59 Å². The molecule has 1 saturated heterocycles. The van der Waals surface area contributed by atoms with Gasteiger partial charge in [-0.05, 0) is 32.0 Å². The van der Waals surface area contributed by atoms with Gasteiger partial charge in [0.05, 0.1) is 18.1 Å². The molecule has 0 aromatic heterocycles. The molecule has 2 aliphatic rings. The maximum atomic E-state index is 13.9. The number of carbonyl (C=O) groups is 2. The van der Waals surface area contributed by atoms with Crippen molar-refractivity contribution < 1.29 is 27.2 Å². The molecule has 0 saturated carbocycles. The van der Waals surface area contributed by atoms with Gasteiger partial charge >= 0.3 is 6.18 Å². The molecule has 1 aromatic rings. The highest BCUT2D eigenvalue weighted by Gasteiger charge is 2.52. The van der Waals surface area contributed by atoms with Crippen LogP contribution in [0, 0.1) is 23.1 Å². The van der Waals surface area contributed by atoms with Crippen molar-refractivity contribution in [3.63, 3.8) is 0 Å². The molecule has 0 spiro atoms. The number of alkyl halides is 3. The first-order chi connectivity index (χ1) is 14.1. The van der Waals surface area contributed by atoms with Crippen LogP contribution in [0.1, 0.15) is 30.9 Å². The summed E-state index contributed by atoms with van der Waals surface area (Å²) in [6, 6.07) is 3.15. The van der Waals surface area contributed by atoms with Crippen LogP contribution in [0.2, 0.25) is 0 Å². The maximum absolute atomic E-state index is 13.9. The lowest BCUT2D eigenvalue weighted by Crippen LogP contribution is -2.62. The maximum Gasteiger partial charge on any atom is 0.404 e. The highest BCUT2D eigenvalue weighted by atomic mass is 19.4. The Morgan fingerprint density at radius 2 is 2.10 bits per heavy atom. The molecule has 2 heterocycles. The van der Waals surface area contributed by atoms with Crippen LogP contribution in [0.5, 0.6) is 0 Å². The van der Waals surface area contributed by atoms with E-state index in [1.165, 1.54) is 19.1 Å². The van der Waals surface area contributed by atoms with Crippen molar-refractivity contribution >= 4 is 11.8 Å². The van der Waals surface area contributed by atoms with Gasteiger partial charge < -0.3 is 16.0 Å². The number of amides is 2. The highest BCUT2D eigenvalue weighted by molar-refractivity contribution is 6.00. The van der Waals surface area contributed by atoms with Crippen LogP contribution in [0.25, 0.3) is 0 Å². The second-order valence-electron chi connectivity index (χ2n) is 7.40. The fraction of sp³-hybridized carbons (Fsp3) is 0.450. The minimum atomic E-state index is -4.49. The van der Waals surface area contributed by atoms with E-state index in [1.807, 2.05) is 0 Å². The molecular formula is C20H20F4N4O2. The predicted molar refractivity (Wildman–Crippen MR) is 98.2 cm³/mol. The zero-order valence-corrected chi connectivity index (χ0v) is 16.1. The van der Waals surface area contributed by atoms with Gasteiger partial charge in [-0.25, -0.2) is 4.39 Å². The summed E-state index contributed by atoms with van der Waals surface area (Å²) in [4.78, 5) is 24.7. The van der Waals surface area contributed by atoms with Crippen molar-refractivity contribution in [2.45, 2.75) is 44.6 Å². The van der Waals surface area contributed by atoms with Crippen LogP contribution in [-0.2, 0) is 16.1 Å². The topological polar surface area (TPSA) is 94.0 Å². The minimum Gasteiger partial charge on any atom is -0.352 e. The normalized spacial score (nSPS) is 24.0. The van der Waals surface area contributed by atoms with Gasteiger partial charge in [0.15, 0.2) is 0 Å². The van der Waals surface area contributed by atoms with Gasteiger partial charge in [0.1, 0.15) is 11.9 Å². The Hall–Kier alpha value is -2.93. The van der Waals surface area contributed by atoms with Crippen molar-refractivity contribution in [1.29, 1.82) is 5.26 Å². The summed E-state index contributed by atoms with van der Waals surface area (Å²) in [7, 11) is 0. The smallest absolute Gasteiger partial charge is 0.352 e. The van der Waals surface area contributed by atoms with Crippen molar-refractivity contribution in [3.8, 4) is 6.07 Å². The van der Waals surface area contributed by atoms with E-state index in [2.05, 4.69) is 16.0 Å². The summed E-state index contributed by atoms with van der Waals surface area (Å²) in [5.41, 5.74) is 0.511. The molecular weight excluding hydrogens is 404 g/mol. The molecule has 3 unspecified atom stereocenters. The average molecular weight is 424 g/mol. The lowest BCUT2D eigenvalue weighted by molar-refractivity contribution is -0.172. The zero-order chi connectivity index (χ0) is 22.1. The number of nitrogens with zero attached hydrogens (tertiary/aromatic N) is 1. The Kier molecular flexibility index (Phi) is 6.12. The average Bonchev–Trinajstić information content (AvgIpc) is 2.68. The van der Waals surface area contributed by atoms with E-state index in [9.17, 15) is 27.2 Å². The summed E-state index contributed by atoms with van der Waals surface area (Å²) in [6.07, 6.45) is -4.55. The Balaban J connectivity index is 1.73. The Labute approximate surface area is 170 Å². The van der Waals surface area contributed by atoms with E-state index in [0.29, 0.717) is 6.42 Å². The van der Waals surface area contributed by atoms with Crippen LogP contribution < -0.4 is 16.0 Å². The molecule has 6 nitrogen and oxygen atoms in total. The SMILES string of the molecule is CC1=C(CC(=O)NCc2ccc(C#N)cc2F)C(=O)NC2CCNC(C(F)(F)F)C12. The molecule has 30 heavy (non-hydrogen) atoms. The first kappa shape index (κ1) is 21.8. The van der Waals surface area contributed by atoms with Gasteiger partial charge in [-0.1, -0.05) is 11.6 Å². The molecule has 0 radical (unpaired) electrons. The summed E-state index contributed by atoms with van der Waals surface area (Å²) in [5, 5.41) is 16.3. The van der Waals surface area contributed by atoms with E-state index >= 15 is 0 Å². The van der Waals surface area contributed by atoms with E-state index in [4.69, 9.17) is 5.26 Å². The number of hydrogen-bond acceptors (Lipinski definition) is 4. The standard InChI is InChI=1S/C20H20F4N4O2/c1-10-13(7-16(29)27-9-12-3-2-11(8-25)6-14(12)21)19(30)28-15-4-5-26-18(17(10)15)20(22,23)24/h2-3,6,15,17-18,26H,4-5,7,9H2,1H3,(H,27,29)(H,28,30). The molecule has 2 amide bonds. The second kappa shape index (κ2) is 8.44. The lowest BCUT2D eigenvalue weighted by atomic mass is 9.75. The number of halogens is 4. The number of benzene rings is 1. The molecule has 3 rings (SSSR count). The minimum absolute atomic E-state index is 0.00741. The Morgan fingerprint density at radius 3 is 2.73 bits per heavy atom. The molecule has 0 aliphatic carbocycles. The quantitative estimate of drug-likeness (QED) is 0.645. The zero-order valence-electron chi connectivity index (χ0n) is 16.1. The molecule has 10 heteroatoms. The first-order valence-corrected chi connectivity index (χ1v) is 9.37. The van der Waals surface area contributed by atoms with Gasteiger partial charge in [-0.15, -0.1) is 0 Å². The summed E-state index contributed by atoms with van der Waals surface area (Å²) < 4.78 is 54.2. The third-order valence-electron chi connectivity index (χ3n) is 5.53. The monoisotopic (exact) mass is 424 g/mol. The van der Waals surface area contributed by atoms with Crippen LogP contribution in [0.3, 0.4) is 0 Å². The fourth-order valence-corrected chi connectivity index (χ4v) is 4.00. The Bertz CT molecular complexity index is 936. The number of nitriles is 1. The van der Waals surface area contributed by atoms with Crippen LogP contribution in [0.15, 0.2) is 29.3 Å². The second-order valence-corrected chi connectivity index (χ2v) is 7.40. The molecule has 3 N–H and O–H groups in total. The predicted octanol–water partition coefficient (Wildman–Crippen LogP) is 2.06. The van der Waals surface area contributed by atoms with Crippen molar-refractivity contribution in [3.05, 3.63) is 46.3 Å². The molecule has 3 atom stereocenters. The van der Waals surface area contributed by atoms with E-state index in [1.54, 1.807) is 6.07 Å². The van der Waals surface area contributed by atoms with Crippen molar-refractivity contribution in [2.75, 3.05) is 6.54 Å². The molecule has 160 valence electrons. The number of fused-ring (bicyclic) bond motifs is 1. The number of nitrogens with one attached hydrogen (secondary N) is 3. The van der Waals surface area contributed by atoms with Gasteiger partial charge in [0.2, 0.25) is 11.8 Å². The molecule has 1 fully saturated rings. The summed E-state index contributed by atoms with van der Waals surface area (Å²) in [6.45, 7) is 1.40. The molecule has 2 aliphatic heterocycles. The number of piperidine rings is 1. The number of hydrogen-bond donors (Lipinski definition) is 3. The van der Waals surface area contributed by atoms with E-state index in [-0.39, 0.29) is 35.4 Å². The lowest BCUT2D eigenvalue weighted by Gasteiger charge is -2.44. The highest BCUT2D eigenvalue weighted by Crippen LogP contribution is 2.38. The third kappa shape index (κ3) is 4.46. The summed E-state index contributed by atoms with van der Waals surface area (Å²) >= 11 is 0. The van der Waals surface area contributed by atoms with Gasteiger partial charge in [0, 0.05) is 29.6 Å². The van der Waals surface area contributed by atoms with Gasteiger partial charge in [0.25, 0.3) is 0 Å². The molecule has 1 aromatic carbocycles.